The maximum Gasteiger partial charge on any atom is 0.0192 e. The van der Waals surface area contributed by atoms with Gasteiger partial charge in [-0.25, -0.2) is 0 Å². The molecule has 2 heteroatoms. The number of hydrogen-bond acceptors (Lipinski definition) is 2. The van der Waals surface area contributed by atoms with Gasteiger partial charge < -0.3 is 5.32 Å². The summed E-state index contributed by atoms with van der Waals surface area (Å²) in [6.45, 7) is 10.7. The lowest BCUT2D eigenvalue weighted by Gasteiger charge is -2.28. The second kappa shape index (κ2) is 6.41. The molecule has 1 rings (SSSR count). The topological polar surface area (TPSA) is 15.3 Å². The van der Waals surface area contributed by atoms with Crippen LogP contribution in [0.4, 0.5) is 0 Å². The van der Waals surface area contributed by atoms with Crippen LogP contribution >= 0.6 is 0 Å². The highest BCUT2D eigenvalue weighted by Crippen LogP contribution is 2.11. The van der Waals surface area contributed by atoms with Crippen molar-refractivity contribution in [1.82, 2.24) is 10.2 Å². The fourth-order valence-electron chi connectivity index (χ4n) is 2.15. The Morgan fingerprint density at radius 1 is 1.36 bits per heavy atom. The monoisotopic (exact) mass is 198 g/mol. The highest BCUT2D eigenvalue weighted by molar-refractivity contribution is 4.79. The van der Waals surface area contributed by atoms with Crippen molar-refractivity contribution in [2.24, 2.45) is 0 Å². The SMILES string of the molecule is CCCCN1CC(CC)NCCC1C. The average molecular weight is 198 g/mol. The number of nitrogens with one attached hydrogen (secondary N) is 1. The van der Waals surface area contributed by atoms with Gasteiger partial charge in [-0.15, -0.1) is 0 Å². The van der Waals surface area contributed by atoms with Gasteiger partial charge in [-0.2, -0.15) is 0 Å². The Balaban J connectivity index is 2.41. The standard InChI is InChI=1S/C12H26N2/c1-4-6-9-14-10-12(5-2)13-8-7-11(14)3/h11-13H,4-10H2,1-3H3. The minimum atomic E-state index is 0.719. The molecular weight excluding hydrogens is 172 g/mol. The van der Waals surface area contributed by atoms with Gasteiger partial charge in [0.2, 0.25) is 0 Å². The first-order valence-electron chi connectivity index (χ1n) is 6.25. The lowest BCUT2D eigenvalue weighted by molar-refractivity contribution is 0.200. The van der Waals surface area contributed by atoms with Crippen LogP contribution in [-0.2, 0) is 0 Å². The van der Waals surface area contributed by atoms with Crippen molar-refractivity contribution < 1.29 is 0 Å². The Kier molecular flexibility index (Phi) is 5.49. The van der Waals surface area contributed by atoms with Crippen LogP contribution < -0.4 is 5.32 Å². The fourth-order valence-corrected chi connectivity index (χ4v) is 2.15. The molecule has 0 aromatic carbocycles. The summed E-state index contributed by atoms with van der Waals surface area (Å²) in [5.74, 6) is 0. The molecule has 14 heavy (non-hydrogen) atoms. The van der Waals surface area contributed by atoms with E-state index in [4.69, 9.17) is 0 Å². The van der Waals surface area contributed by atoms with Gasteiger partial charge in [0.05, 0.1) is 0 Å². The maximum absolute atomic E-state index is 3.63. The van der Waals surface area contributed by atoms with Crippen molar-refractivity contribution in [3.8, 4) is 0 Å². The van der Waals surface area contributed by atoms with E-state index in [-0.39, 0.29) is 0 Å². The summed E-state index contributed by atoms with van der Waals surface area (Å²) in [6.07, 6.45) is 5.23. The zero-order valence-electron chi connectivity index (χ0n) is 10.1. The minimum Gasteiger partial charge on any atom is -0.313 e. The van der Waals surface area contributed by atoms with Crippen molar-refractivity contribution in [2.45, 2.75) is 58.5 Å². The fraction of sp³-hybridized carbons (Fsp3) is 1.00. The van der Waals surface area contributed by atoms with Crippen LogP contribution in [0.3, 0.4) is 0 Å². The molecule has 0 amide bonds. The molecule has 1 saturated heterocycles. The summed E-state index contributed by atoms with van der Waals surface area (Å²) in [5, 5.41) is 3.63. The highest BCUT2D eigenvalue weighted by Gasteiger charge is 2.20. The van der Waals surface area contributed by atoms with Crippen molar-refractivity contribution in [1.29, 1.82) is 0 Å². The molecule has 0 bridgehead atoms. The summed E-state index contributed by atoms with van der Waals surface area (Å²) in [4.78, 5) is 2.66. The van der Waals surface area contributed by atoms with Crippen LogP contribution in [0.25, 0.3) is 0 Å². The first-order valence-corrected chi connectivity index (χ1v) is 6.25. The average Bonchev–Trinajstić information content (AvgIpc) is 2.37. The molecule has 2 nitrogen and oxygen atoms in total. The predicted molar refractivity (Wildman–Crippen MR) is 62.6 cm³/mol. The van der Waals surface area contributed by atoms with Gasteiger partial charge in [0, 0.05) is 18.6 Å². The second-order valence-electron chi connectivity index (χ2n) is 4.55. The molecule has 1 fully saturated rings. The van der Waals surface area contributed by atoms with Gasteiger partial charge >= 0.3 is 0 Å². The highest BCUT2D eigenvalue weighted by atomic mass is 15.2. The predicted octanol–water partition coefficient (Wildman–Crippen LogP) is 2.25. The van der Waals surface area contributed by atoms with Crippen LogP contribution in [0.15, 0.2) is 0 Å². The number of unbranched alkanes of at least 4 members (excludes halogenated alkanes) is 1. The third-order valence-corrected chi connectivity index (χ3v) is 3.37. The van der Waals surface area contributed by atoms with Gasteiger partial charge in [0.25, 0.3) is 0 Å². The molecule has 1 heterocycles. The van der Waals surface area contributed by atoms with Crippen molar-refractivity contribution in [2.75, 3.05) is 19.6 Å². The molecule has 1 aliphatic heterocycles. The van der Waals surface area contributed by atoms with Crippen LogP contribution in [0.1, 0.15) is 46.5 Å². The summed E-state index contributed by atoms with van der Waals surface area (Å²) in [7, 11) is 0. The quantitative estimate of drug-likeness (QED) is 0.745. The Hall–Kier alpha value is -0.0800. The van der Waals surface area contributed by atoms with Gasteiger partial charge in [-0.05, 0) is 39.3 Å². The van der Waals surface area contributed by atoms with Gasteiger partial charge in [0.15, 0.2) is 0 Å². The van der Waals surface area contributed by atoms with E-state index in [2.05, 4.69) is 31.0 Å². The third-order valence-electron chi connectivity index (χ3n) is 3.37. The van der Waals surface area contributed by atoms with E-state index in [0.29, 0.717) is 0 Å². The van der Waals surface area contributed by atoms with Crippen LogP contribution in [0.5, 0.6) is 0 Å². The smallest absolute Gasteiger partial charge is 0.0192 e. The van der Waals surface area contributed by atoms with Crippen LogP contribution in [0.2, 0.25) is 0 Å². The maximum atomic E-state index is 3.63. The van der Waals surface area contributed by atoms with E-state index >= 15 is 0 Å². The number of hydrogen-bond donors (Lipinski definition) is 1. The molecule has 0 aromatic heterocycles. The summed E-state index contributed by atoms with van der Waals surface area (Å²) in [6, 6.07) is 1.49. The summed E-state index contributed by atoms with van der Waals surface area (Å²) < 4.78 is 0. The van der Waals surface area contributed by atoms with Gasteiger partial charge in [0.1, 0.15) is 0 Å². The van der Waals surface area contributed by atoms with Gasteiger partial charge in [-0.3, -0.25) is 4.90 Å². The van der Waals surface area contributed by atoms with Crippen molar-refractivity contribution in [3.05, 3.63) is 0 Å². The third kappa shape index (κ3) is 3.58. The van der Waals surface area contributed by atoms with Crippen molar-refractivity contribution in [3.63, 3.8) is 0 Å². The first-order chi connectivity index (χ1) is 6.77. The molecule has 0 aliphatic carbocycles. The van der Waals surface area contributed by atoms with Crippen LogP contribution in [-0.4, -0.2) is 36.6 Å². The molecule has 0 aromatic rings. The van der Waals surface area contributed by atoms with E-state index in [0.717, 1.165) is 12.1 Å². The lowest BCUT2D eigenvalue weighted by Crippen LogP contribution is -2.40. The molecule has 1 N–H and O–H groups in total. The Morgan fingerprint density at radius 2 is 2.14 bits per heavy atom. The second-order valence-corrected chi connectivity index (χ2v) is 4.55. The minimum absolute atomic E-state index is 0.719. The van der Waals surface area contributed by atoms with E-state index in [1.807, 2.05) is 0 Å². The summed E-state index contributed by atoms with van der Waals surface area (Å²) >= 11 is 0. The van der Waals surface area contributed by atoms with Crippen LogP contribution in [0, 0.1) is 0 Å². The molecule has 1 aliphatic rings. The molecule has 0 radical (unpaired) electrons. The van der Waals surface area contributed by atoms with E-state index in [9.17, 15) is 0 Å². The first kappa shape index (κ1) is 12.0. The normalized spacial score (nSPS) is 30.2. The lowest BCUT2D eigenvalue weighted by atomic mass is 10.1. The largest absolute Gasteiger partial charge is 0.313 e. The van der Waals surface area contributed by atoms with Crippen molar-refractivity contribution >= 4 is 0 Å². The van der Waals surface area contributed by atoms with E-state index < -0.39 is 0 Å². The van der Waals surface area contributed by atoms with E-state index in [1.165, 1.54) is 45.3 Å². The number of nitrogens with zero attached hydrogens (tertiary/aromatic N) is 1. The van der Waals surface area contributed by atoms with E-state index in [1.54, 1.807) is 0 Å². The zero-order valence-corrected chi connectivity index (χ0v) is 10.1. The molecular formula is C12H26N2. The Labute approximate surface area is 89.1 Å². The molecule has 0 spiro atoms. The summed E-state index contributed by atoms with van der Waals surface area (Å²) in [5.41, 5.74) is 0. The molecule has 2 unspecified atom stereocenters. The Bertz CT molecular complexity index is 147. The Morgan fingerprint density at radius 3 is 2.79 bits per heavy atom. The van der Waals surface area contributed by atoms with Gasteiger partial charge in [-0.1, -0.05) is 20.3 Å². The zero-order chi connectivity index (χ0) is 10.4. The number of rotatable bonds is 4. The molecule has 0 saturated carbocycles. The molecule has 84 valence electrons. The molecule has 2 atom stereocenters.